The zero-order chi connectivity index (χ0) is 19.8. The van der Waals surface area contributed by atoms with Gasteiger partial charge in [-0.15, -0.1) is 11.3 Å². The van der Waals surface area contributed by atoms with E-state index in [1.165, 1.54) is 11.4 Å². The number of thiophene rings is 1. The van der Waals surface area contributed by atoms with E-state index in [9.17, 15) is 21.6 Å². The molecule has 1 fully saturated rings. The van der Waals surface area contributed by atoms with Crippen molar-refractivity contribution in [3.05, 3.63) is 35.2 Å². The molecule has 1 aromatic heterocycles. The summed E-state index contributed by atoms with van der Waals surface area (Å²) in [7, 11) is 3.43. The number of nitrogens with one attached hydrogen (secondary N) is 1. The molecule has 2 radical (unpaired) electrons. The molecule has 1 N–H and O–H groups in total. The zero-order valence-corrected chi connectivity index (χ0v) is 15.9. The maximum Gasteiger partial charge on any atom is 0.419 e. The zero-order valence-electron chi connectivity index (χ0n) is 14.3. The fourth-order valence-electron chi connectivity index (χ4n) is 2.76. The van der Waals surface area contributed by atoms with Crippen molar-refractivity contribution in [2.75, 3.05) is 24.9 Å². The molecule has 1 aliphatic rings. The van der Waals surface area contributed by atoms with Crippen molar-refractivity contribution in [2.45, 2.75) is 22.9 Å². The molecule has 2 aromatic rings. The highest BCUT2D eigenvalue weighted by atomic mass is 32.2. The first kappa shape index (κ1) is 20.0. The lowest BCUT2D eigenvalue weighted by molar-refractivity contribution is -0.139. The molecular formula is C16H16BF3N2O3S2. The van der Waals surface area contributed by atoms with Crippen LogP contribution in [-0.2, 0) is 16.2 Å². The first-order chi connectivity index (χ1) is 12.5. The van der Waals surface area contributed by atoms with Gasteiger partial charge in [0.05, 0.1) is 11.3 Å². The molecule has 3 rings (SSSR count). The molecule has 27 heavy (non-hydrogen) atoms. The summed E-state index contributed by atoms with van der Waals surface area (Å²) in [6.07, 6.45) is -4.41. The summed E-state index contributed by atoms with van der Waals surface area (Å²) < 4.78 is 72.4. The second-order valence-electron chi connectivity index (χ2n) is 6.30. The summed E-state index contributed by atoms with van der Waals surface area (Å²) >= 11 is 0.921. The van der Waals surface area contributed by atoms with Gasteiger partial charge in [-0.1, -0.05) is 5.46 Å². The van der Waals surface area contributed by atoms with Gasteiger partial charge in [0.15, 0.2) is 0 Å². The van der Waals surface area contributed by atoms with E-state index in [-0.39, 0.29) is 16.0 Å². The van der Waals surface area contributed by atoms with Gasteiger partial charge in [-0.25, -0.2) is 8.42 Å². The van der Waals surface area contributed by atoms with Crippen LogP contribution < -0.4 is 14.9 Å². The molecule has 1 atom stereocenters. The van der Waals surface area contributed by atoms with Gasteiger partial charge in [-0.2, -0.15) is 13.2 Å². The molecule has 5 nitrogen and oxygen atoms in total. The number of hydrogen-bond acceptors (Lipinski definition) is 5. The largest absolute Gasteiger partial charge is 0.488 e. The van der Waals surface area contributed by atoms with Crippen molar-refractivity contribution in [3.63, 3.8) is 0 Å². The van der Waals surface area contributed by atoms with Gasteiger partial charge >= 0.3 is 6.18 Å². The summed E-state index contributed by atoms with van der Waals surface area (Å²) in [5.74, 6) is -0.395. The number of likely N-dealkylation sites (tertiary alicyclic amines) is 1. The Hall–Kier alpha value is -1.72. The number of halogens is 3. The number of rotatable bonds is 5. The summed E-state index contributed by atoms with van der Waals surface area (Å²) in [5, 5.41) is 1.46. The van der Waals surface area contributed by atoms with E-state index in [1.54, 1.807) is 0 Å². The predicted molar refractivity (Wildman–Crippen MR) is 98.5 cm³/mol. The minimum atomic E-state index is -4.61. The molecule has 0 amide bonds. The number of nitrogens with zero attached hydrogens (tertiary/aromatic N) is 1. The van der Waals surface area contributed by atoms with E-state index in [2.05, 4.69) is 4.72 Å². The average molecular weight is 416 g/mol. The highest BCUT2D eigenvalue weighted by Crippen LogP contribution is 2.39. The Labute approximate surface area is 160 Å². The summed E-state index contributed by atoms with van der Waals surface area (Å²) in [4.78, 5) is 1.95. The van der Waals surface area contributed by atoms with Crippen molar-refractivity contribution in [1.82, 2.24) is 4.90 Å². The number of sulfonamides is 1. The third-order valence-corrected chi connectivity index (χ3v) is 6.88. The second kappa shape index (κ2) is 7.36. The Kier molecular flexibility index (Phi) is 5.46. The molecule has 0 unspecified atom stereocenters. The maximum absolute atomic E-state index is 13.3. The van der Waals surface area contributed by atoms with Crippen LogP contribution in [0.1, 0.15) is 12.0 Å². The second-order valence-corrected chi connectivity index (χ2v) is 9.12. The summed E-state index contributed by atoms with van der Waals surface area (Å²) in [6.45, 7) is 1.22. The van der Waals surface area contributed by atoms with Crippen molar-refractivity contribution in [1.29, 1.82) is 0 Å². The van der Waals surface area contributed by atoms with Gasteiger partial charge in [0.2, 0.25) is 0 Å². The molecule has 1 aromatic carbocycles. The quantitative estimate of drug-likeness (QED) is 0.761. The molecule has 1 aliphatic heterocycles. The Morgan fingerprint density at radius 2 is 2.07 bits per heavy atom. The van der Waals surface area contributed by atoms with E-state index >= 15 is 0 Å². The third-order valence-electron chi connectivity index (χ3n) is 4.04. The van der Waals surface area contributed by atoms with Crippen molar-refractivity contribution < 1.29 is 26.3 Å². The highest BCUT2D eigenvalue weighted by molar-refractivity contribution is 7.94. The van der Waals surface area contributed by atoms with Crippen LogP contribution in [0.3, 0.4) is 0 Å². The Morgan fingerprint density at radius 1 is 1.33 bits per heavy atom. The first-order valence-electron chi connectivity index (χ1n) is 7.98. The summed E-state index contributed by atoms with van der Waals surface area (Å²) in [6, 6.07) is 4.22. The van der Waals surface area contributed by atoms with Crippen LogP contribution in [0.5, 0.6) is 5.75 Å². The van der Waals surface area contributed by atoms with E-state index in [0.717, 1.165) is 36.1 Å². The van der Waals surface area contributed by atoms with Crippen molar-refractivity contribution >= 4 is 40.4 Å². The fourth-order valence-corrected chi connectivity index (χ4v) is 4.89. The first-order valence-corrected chi connectivity index (χ1v) is 10.3. The SMILES string of the molecule is [B]c1csc(S(=O)(=O)Nc2ccc(C(F)(F)F)c(O[C@@H]3CCN(C)C3)c2)c1. The van der Waals surface area contributed by atoms with Gasteiger partial charge in [0.1, 0.15) is 23.9 Å². The minimum Gasteiger partial charge on any atom is -0.488 e. The number of benzene rings is 1. The van der Waals surface area contributed by atoms with Crippen molar-refractivity contribution in [3.8, 4) is 5.75 Å². The molecular weight excluding hydrogens is 400 g/mol. The minimum absolute atomic E-state index is 0.0173. The van der Waals surface area contributed by atoms with E-state index in [1.807, 2.05) is 11.9 Å². The van der Waals surface area contributed by atoms with Gasteiger partial charge in [-0.05, 0) is 37.0 Å². The lowest BCUT2D eigenvalue weighted by Crippen LogP contribution is -2.23. The Bertz CT molecular complexity index is 931. The third kappa shape index (κ3) is 4.77. The average Bonchev–Trinajstić information content (AvgIpc) is 3.15. The normalized spacial score (nSPS) is 18.6. The Morgan fingerprint density at radius 3 is 2.63 bits per heavy atom. The summed E-state index contributed by atoms with van der Waals surface area (Å²) in [5.41, 5.74) is -0.668. The van der Waals surface area contributed by atoms with Gasteiger partial charge in [-0.3, -0.25) is 4.72 Å². The number of anilines is 1. The van der Waals surface area contributed by atoms with E-state index in [0.29, 0.717) is 18.4 Å². The van der Waals surface area contributed by atoms with Crippen LogP contribution in [0.25, 0.3) is 0 Å². The number of ether oxygens (including phenoxy) is 1. The van der Waals surface area contributed by atoms with Crippen molar-refractivity contribution in [2.24, 2.45) is 0 Å². The number of alkyl halides is 3. The van der Waals surface area contributed by atoms with E-state index < -0.39 is 27.5 Å². The van der Waals surface area contributed by atoms with Crippen LogP contribution >= 0.6 is 11.3 Å². The highest BCUT2D eigenvalue weighted by Gasteiger charge is 2.36. The molecule has 144 valence electrons. The molecule has 0 bridgehead atoms. The standard InChI is InChI=1S/C16H16BF3N2O3S2/c1-22-5-4-12(8-22)25-14-7-11(2-3-13(14)16(18,19)20)21-27(23,24)15-6-10(17)9-26-15/h2-3,6-7,9,12,21H,4-5,8H2,1H3/t12-/m1/s1. The lowest BCUT2D eigenvalue weighted by atomic mass is 10.0. The lowest BCUT2D eigenvalue weighted by Gasteiger charge is -2.19. The number of likely N-dealkylation sites (N-methyl/N-ethyl adjacent to an activating group) is 1. The smallest absolute Gasteiger partial charge is 0.419 e. The van der Waals surface area contributed by atoms with Gasteiger partial charge in [0, 0.05) is 19.2 Å². The molecule has 11 heteroatoms. The predicted octanol–water partition coefficient (Wildman–Crippen LogP) is 2.44. The molecule has 0 aliphatic carbocycles. The topological polar surface area (TPSA) is 58.6 Å². The van der Waals surface area contributed by atoms with Crippen LogP contribution in [0.4, 0.5) is 18.9 Å². The molecule has 0 saturated carbocycles. The maximum atomic E-state index is 13.3. The van der Waals surface area contributed by atoms with Crippen LogP contribution in [-0.4, -0.2) is 47.4 Å². The monoisotopic (exact) mass is 416 g/mol. The van der Waals surface area contributed by atoms with Crippen LogP contribution in [0.15, 0.2) is 33.9 Å². The van der Waals surface area contributed by atoms with Crippen LogP contribution in [0, 0.1) is 0 Å². The number of hydrogen-bond donors (Lipinski definition) is 1. The van der Waals surface area contributed by atoms with Crippen LogP contribution in [0.2, 0.25) is 0 Å². The molecule has 1 saturated heterocycles. The Balaban J connectivity index is 1.89. The fraction of sp³-hybridized carbons (Fsp3) is 0.375. The molecule has 0 spiro atoms. The van der Waals surface area contributed by atoms with Gasteiger partial charge < -0.3 is 9.64 Å². The molecule has 2 heterocycles. The van der Waals surface area contributed by atoms with E-state index in [4.69, 9.17) is 12.6 Å². The van der Waals surface area contributed by atoms with Gasteiger partial charge in [0.25, 0.3) is 10.0 Å².